The number of hydrogen-bond donors (Lipinski definition) is 0. The molecule has 38 valence electrons. The van der Waals surface area contributed by atoms with Crippen LogP contribution >= 0.6 is 0 Å². The number of nitrogens with zero attached hydrogens (tertiary/aromatic N) is 1. The highest BCUT2D eigenvalue weighted by Crippen LogP contribution is 1.76. The third-order valence-electron chi connectivity index (χ3n) is 0.429. The standard InChI is InChI=1S/C5H7NO/c1-3-4-5-7-6-2/h1H,2,4-5H2. The van der Waals surface area contributed by atoms with Crippen LogP contribution in [0.25, 0.3) is 0 Å². The Morgan fingerprint density at radius 2 is 2.57 bits per heavy atom. The van der Waals surface area contributed by atoms with E-state index in [-0.39, 0.29) is 0 Å². The minimum atomic E-state index is 0.472. The van der Waals surface area contributed by atoms with Crippen LogP contribution in [-0.2, 0) is 4.84 Å². The van der Waals surface area contributed by atoms with Crippen LogP contribution in [0.3, 0.4) is 0 Å². The van der Waals surface area contributed by atoms with E-state index in [0.29, 0.717) is 13.0 Å². The van der Waals surface area contributed by atoms with Gasteiger partial charge in [0.2, 0.25) is 0 Å². The van der Waals surface area contributed by atoms with E-state index in [9.17, 15) is 0 Å². The molecule has 0 N–H and O–H groups in total. The maximum absolute atomic E-state index is 4.88. The lowest BCUT2D eigenvalue weighted by Gasteiger charge is -1.87. The average Bonchev–Trinajstić information content (AvgIpc) is 1.69. The lowest BCUT2D eigenvalue weighted by atomic mass is 10.5. The predicted octanol–water partition coefficient (Wildman–Crippen LogP) is 0.642. The second-order valence-electron chi connectivity index (χ2n) is 0.916. The van der Waals surface area contributed by atoms with Crippen molar-refractivity contribution in [3.63, 3.8) is 0 Å². The van der Waals surface area contributed by atoms with Crippen molar-refractivity contribution in [1.82, 2.24) is 0 Å². The maximum atomic E-state index is 4.88. The number of terminal acetylenes is 1. The molecule has 0 spiro atoms. The Morgan fingerprint density at radius 1 is 1.86 bits per heavy atom. The number of hydrogen-bond acceptors (Lipinski definition) is 2. The van der Waals surface area contributed by atoms with Crippen LogP contribution in [-0.4, -0.2) is 13.3 Å². The summed E-state index contributed by atoms with van der Waals surface area (Å²) in [7, 11) is 0. The molecule has 0 aliphatic carbocycles. The molecule has 0 aromatic carbocycles. The smallest absolute Gasteiger partial charge is 0.128 e. The monoisotopic (exact) mass is 97.1 g/mol. The molecule has 0 heterocycles. The van der Waals surface area contributed by atoms with Crippen molar-refractivity contribution < 1.29 is 4.84 Å². The summed E-state index contributed by atoms with van der Waals surface area (Å²) in [6.45, 7) is 3.56. The molecule has 0 fully saturated rings. The van der Waals surface area contributed by atoms with E-state index in [4.69, 9.17) is 6.42 Å². The molecule has 7 heavy (non-hydrogen) atoms. The molecule has 0 aliphatic heterocycles. The van der Waals surface area contributed by atoms with E-state index in [0.717, 1.165) is 0 Å². The highest BCUT2D eigenvalue weighted by Gasteiger charge is 1.73. The molecule has 0 unspecified atom stereocenters. The molecule has 2 nitrogen and oxygen atoms in total. The van der Waals surface area contributed by atoms with Crippen molar-refractivity contribution >= 4 is 6.72 Å². The first-order chi connectivity index (χ1) is 3.41. The molecule has 0 saturated heterocycles. The summed E-state index contributed by atoms with van der Waals surface area (Å²) in [6.07, 6.45) is 5.47. The van der Waals surface area contributed by atoms with Crippen LogP contribution in [0.15, 0.2) is 5.16 Å². The van der Waals surface area contributed by atoms with Gasteiger partial charge in [-0.05, 0) is 0 Å². The first-order valence-electron chi connectivity index (χ1n) is 1.93. The van der Waals surface area contributed by atoms with Crippen molar-refractivity contribution in [2.45, 2.75) is 6.42 Å². The fourth-order valence-electron chi connectivity index (χ4n) is 0.169. The largest absolute Gasteiger partial charge is 0.395 e. The van der Waals surface area contributed by atoms with Gasteiger partial charge in [-0.2, -0.15) is 0 Å². The van der Waals surface area contributed by atoms with Crippen molar-refractivity contribution in [3.05, 3.63) is 0 Å². The van der Waals surface area contributed by atoms with E-state index >= 15 is 0 Å². The molecular weight excluding hydrogens is 90.1 g/mol. The summed E-state index contributed by atoms with van der Waals surface area (Å²) in [5, 5.41) is 3.13. The van der Waals surface area contributed by atoms with E-state index in [2.05, 4.69) is 22.6 Å². The molecule has 0 aromatic rings. The van der Waals surface area contributed by atoms with Crippen molar-refractivity contribution in [2.24, 2.45) is 5.16 Å². The molecule has 2 heteroatoms. The molecule has 0 aliphatic rings. The van der Waals surface area contributed by atoms with Gasteiger partial charge >= 0.3 is 0 Å². The first kappa shape index (κ1) is 6.03. The predicted molar refractivity (Wildman–Crippen MR) is 29.0 cm³/mol. The SMILES string of the molecule is C#CCCON=C. The Balaban J connectivity index is 2.72. The van der Waals surface area contributed by atoms with E-state index in [1.54, 1.807) is 0 Å². The summed E-state index contributed by atoms with van der Waals surface area (Å²) >= 11 is 0. The van der Waals surface area contributed by atoms with Crippen molar-refractivity contribution in [2.75, 3.05) is 6.61 Å². The molecule has 0 rings (SSSR count). The van der Waals surface area contributed by atoms with Crippen molar-refractivity contribution in [1.29, 1.82) is 0 Å². The fourth-order valence-corrected chi connectivity index (χ4v) is 0.169. The molecule has 0 radical (unpaired) electrons. The third-order valence-corrected chi connectivity index (χ3v) is 0.429. The molecule has 0 bridgehead atoms. The fraction of sp³-hybridized carbons (Fsp3) is 0.400. The number of rotatable bonds is 3. The van der Waals surface area contributed by atoms with Gasteiger partial charge in [0.05, 0.1) is 0 Å². The third kappa shape index (κ3) is 5.03. The van der Waals surface area contributed by atoms with Gasteiger partial charge in [0.15, 0.2) is 0 Å². The molecule has 0 aromatic heterocycles. The van der Waals surface area contributed by atoms with E-state index in [1.807, 2.05) is 0 Å². The quantitative estimate of drug-likeness (QED) is 0.219. The topological polar surface area (TPSA) is 21.6 Å². The second kappa shape index (κ2) is 5.03. The minimum absolute atomic E-state index is 0.472. The Bertz CT molecular complexity index is 82.6. The number of oxime groups is 1. The highest BCUT2D eigenvalue weighted by molar-refractivity contribution is 5.21. The molecule has 0 amide bonds. The Morgan fingerprint density at radius 3 is 3.00 bits per heavy atom. The van der Waals surface area contributed by atoms with Crippen LogP contribution < -0.4 is 0 Å². The summed E-state index contributed by atoms with van der Waals surface area (Å²) in [4.78, 5) is 4.45. The maximum Gasteiger partial charge on any atom is 0.128 e. The first-order valence-corrected chi connectivity index (χ1v) is 1.93. The van der Waals surface area contributed by atoms with Crippen LogP contribution in [0.4, 0.5) is 0 Å². The zero-order valence-electron chi connectivity index (χ0n) is 4.05. The van der Waals surface area contributed by atoms with Crippen LogP contribution in [0.5, 0.6) is 0 Å². The van der Waals surface area contributed by atoms with Crippen LogP contribution in [0, 0.1) is 12.3 Å². The normalized spacial score (nSPS) is 6.71. The lowest BCUT2D eigenvalue weighted by molar-refractivity contribution is 0.153. The lowest BCUT2D eigenvalue weighted by Crippen LogP contribution is -1.81. The van der Waals surface area contributed by atoms with Gasteiger partial charge in [0.1, 0.15) is 6.61 Å². The Kier molecular flexibility index (Phi) is 4.33. The highest BCUT2D eigenvalue weighted by atomic mass is 16.6. The van der Waals surface area contributed by atoms with Crippen LogP contribution in [0.1, 0.15) is 6.42 Å². The molecule has 0 saturated carbocycles. The minimum Gasteiger partial charge on any atom is -0.395 e. The van der Waals surface area contributed by atoms with Crippen molar-refractivity contribution in [3.8, 4) is 12.3 Å². The second-order valence-corrected chi connectivity index (χ2v) is 0.916. The summed E-state index contributed by atoms with van der Waals surface area (Å²) in [6, 6.07) is 0. The average molecular weight is 97.1 g/mol. The van der Waals surface area contributed by atoms with Gasteiger partial charge in [0.25, 0.3) is 0 Å². The van der Waals surface area contributed by atoms with E-state index < -0.39 is 0 Å². The van der Waals surface area contributed by atoms with Gasteiger partial charge in [0, 0.05) is 13.1 Å². The Labute approximate surface area is 43.2 Å². The zero-order valence-corrected chi connectivity index (χ0v) is 4.05. The molecular formula is C5H7NO. The molecule has 0 atom stereocenters. The van der Waals surface area contributed by atoms with Gasteiger partial charge in [-0.1, -0.05) is 0 Å². The van der Waals surface area contributed by atoms with E-state index in [1.165, 1.54) is 0 Å². The summed E-state index contributed by atoms with van der Waals surface area (Å²) in [5.41, 5.74) is 0. The summed E-state index contributed by atoms with van der Waals surface area (Å²) in [5.74, 6) is 2.39. The zero-order chi connectivity index (χ0) is 5.54. The van der Waals surface area contributed by atoms with Gasteiger partial charge in [-0.25, -0.2) is 0 Å². The van der Waals surface area contributed by atoms with Gasteiger partial charge in [-0.15, -0.1) is 17.5 Å². The van der Waals surface area contributed by atoms with Gasteiger partial charge < -0.3 is 4.84 Å². The van der Waals surface area contributed by atoms with Gasteiger partial charge in [-0.3, -0.25) is 0 Å². The Hall–Kier alpha value is -0.970. The van der Waals surface area contributed by atoms with Crippen LogP contribution in [0.2, 0.25) is 0 Å². The summed E-state index contributed by atoms with van der Waals surface area (Å²) < 4.78 is 0.